The van der Waals surface area contributed by atoms with Crippen LogP contribution in [0.15, 0.2) is 49.0 Å². The first-order valence-electron chi connectivity index (χ1n) is 23.0. The summed E-state index contributed by atoms with van der Waals surface area (Å²) in [6.07, 6.45) is 45.8. The molecule has 0 aliphatic rings. The summed E-state index contributed by atoms with van der Waals surface area (Å²) in [5.74, 6) is 1.63. The Balaban J connectivity index is 4.38. The first kappa shape index (κ1) is 52.7. The second kappa shape index (κ2) is 37.3. The van der Waals surface area contributed by atoms with Crippen LogP contribution >= 0.6 is 7.37 Å². The van der Waals surface area contributed by atoms with Crippen LogP contribution in [0.1, 0.15) is 200 Å². The summed E-state index contributed by atoms with van der Waals surface area (Å²) in [5.41, 5.74) is 0. The lowest BCUT2D eigenvalue weighted by molar-refractivity contribution is -0.870. The van der Waals surface area contributed by atoms with Crippen molar-refractivity contribution in [3.8, 4) is 0 Å². The van der Waals surface area contributed by atoms with Gasteiger partial charge in [0.15, 0.2) is 0 Å². The summed E-state index contributed by atoms with van der Waals surface area (Å²) in [7, 11) is 3.64. The molecule has 2 atom stereocenters. The molecule has 0 bridgehead atoms. The zero-order valence-corrected chi connectivity index (χ0v) is 38.1. The number of allylic oxidation sites excluding steroid dienone is 6. The van der Waals surface area contributed by atoms with Crippen molar-refractivity contribution < 1.29 is 23.0 Å². The standard InChI is InChI=1S/C48H93NO4P/c1-9-11-13-15-17-19-21-23-25-27-29-31-33-35-37-39-46(3)51-45-48(41-44-54(8,50)52-43-42-49(5,6)7)53-47(4)40-38-36-34-32-30-28-26-24-22-20-18-16-14-12-10-2/h23-26,48H,3-4,9-22,27-45H2,1-2,5-8H3/q+1/b25-23-,26-24-/t48-,54?/m0/s1. The van der Waals surface area contributed by atoms with Crippen LogP contribution in [0.5, 0.6) is 0 Å². The fourth-order valence-electron chi connectivity index (χ4n) is 6.49. The van der Waals surface area contributed by atoms with Gasteiger partial charge in [-0.2, -0.15) is 0 Å². The average molecular weight is 779 g/mol. The highest BCUT2D eigenvalue weighted by Gasteiger charge is 2.22. The maximum absolute atomic E-state index is 13.3. The molecule has 0 saturated heterocycles. The molecule has 0 aromatic rings. The van der Waals surface area contributed by atoms with Gasteiger partial charge < -0.3 is 18.5 Å². The summed E-state index contributed by atoms with van der Waals surface area (Å²) in [4.78, 5) is 0. The van der Waals surface area contributed by atoms with E-state index < -0.39 is 7.37 Å². The summed E-state index contributed by atoms with van der Waals surface area (Å²) in [5, 5.41) is 0. The Hall–Kier alpha value is -1.29. The molecule has 1 unspecified atom stereocenters. The lowest BCUT2D eigenvalue weighted by Crippen LogP contribution is -2.37. The Labute approximate surface area is 338 Å². The Bertz CT molecular complexity index is 968. The maximum Gasteiger partial charge on any atom is 0.200 e. The Morgan fingerprint density at radius 1 is 0.593 bits per heavy atom. The van der Waals surface area contributed by atoms with E-state index in [0.29, 0.717) is 25.8 Å². The smallest absolute Gasteiger partial charge is 0.200 e. The number of hydrogen-bond acceptors (Lipinski definition) is 4. The predicted molar refractivity (Wildman–Crippen MR) is 240 cm³/mol. The molecule has 0 spiro atoms. The van der Waals surface area contributed by atoms with Gasteiger partial charge >= 0.3 is 0 Å². The molecular formula is C48H93NO4P+. The minimum atomic E-state index is -2.73. The van der Waals surface area contributed by atoms with Crippen molar-refractivity contribution in [2.75, 3.05) is 53.7 Å². The second-order valence-corrected chi connectivity index (χ2v) is 19.9. The normalized spacial score (nSPS) is 13.8. The molecule has 0 aromatic heterocycles. The molecule has 0 aliphatic carbocycles. The lowest BCUT2D eigenvalue weighted by Gasteiger charge is -2.26. The summed E-state index contributed by atoms with van der Waals surface area (Å²) in [6, 6.07) is 0. The van der Waals surface area contributed by atoms with E-state index in [4.69, 9.17) is 14.0 Å². The van der Waals surface area contributed by atoms with Gasteiger partial charge in [-0.3, -0.25) is 4.57 Å². The van der Waals surface area contributed by atoms with Crippen molar-refractivity contribution >= 4 is 7.37 Å². The summed E-state index contributed by atoms with van der Waals surface area (Å²) >= 11 is 0. The van der Waals surface area contributed by atoms with Gasteiger partial charge in [-0.15, -0.1) is 0 Å². The zero-order valence-electron chi connectivity index (χ0n) is 37.2. The molecule has 0 N–H and O–H groups in total. The lowest BCUT2D eigenvalue weighted by atomic mass is 10.1. The van der Waals surface area contributed by atoms with E-state index in [9.17, 15) is 4.57 Å². The molecule has 6 heteroatoms. The van der Waals surface area contributed by atoms with Gasteiger partial charge in [-0.05, 0) is 70.6 Å². The van der Waals surface area contributed by atoms with E-state index in [1.165, 1.54) is 154 Å². The molecular weight excluding hydrogens is 686 g/mol. The van der Waals surface area contributed by atoms with E-state index in [0.717, 1.165) is 48.2 Å². The quantitative estimate of drug-likeness (QED) is 0.0204. The van der Waals surface area contributed by atoms with Crippen molar-refractivity contribution in [2.24, 2.45) is 0 Å². The average Bonchev–Trinajstić information content (AvgIpc) is 3.12. The molecule has 0 aromatic carbocycles. The third-order valence-corrected chi connectivity index (χ3v) is 12.0. The minimum Gasteiger partial charge on any atom is -0.495 e. The number of nitrogens with zero attached hydrogens (tertiary/aromatic N) is 1. The molecule has 54 heavy (non-hydrogen) atoms. The molecule has 0 fully saturated rings. The van der Waals surface area contributed by atoms with Gasteiger partial charge in [-0.25, -0.2) is 0 Å². The first-order valence-corrected chi connectivity index (χ1v) is 25.2. The van der Waals surface area contributed by atoms with E-state index in [-0.39, 0.29) is 6.10 Å². The van der Waals surface area contributed by atoms with Crippen LogP contribution in [0, 0.1) is 0 Å². The molecule has 0 heterocycles. The number of rotatable bonds is 42. The fraction of sp³-hybridized carbons (Fsp3) is 0.833. The highest BCUT2D eigenvalue weighted by molar-refractivity contribution is 7.58. The number of hydrogen-bond donors (Lipinski definition) is 0. The largest absolute Gasteiger partial charge is 0.495 e. The van der Waals surface area contributed by atoms with Crippen LogP contribution in [0.4, 0.5) is 0 Å². The Kier molecular flexibility index (Phi) is 36.4. The number of likely N-dealkylation sites (N-methyl/N-ethyl adjacent to an activating group) is 1. The van der Waals surface area contributed by atoms with Gasteiger partial charge in [0, 0.05) is 25.7 Å². The fourth-order valence-corrected chi connectivity index (χ4v) is 7.84. The van der Waals surface area contributed by atoms with E-state index in [1.807, 2.05) is 0 Å². The Morgan fingerprint density at radius 3 is 1.41 bits per heavy atom. The van der Waals surface area contributed by atoms with Crippen molar-refractivity contribution in [1.82, 2.24) is 0 Å². The van der Waals surface area contributed by atoms with Crippen molar-refractivity contribution in [3.63, 3.8) is 0 Å². The highest BCUT2D eigenvalue weighted by Crippen LogP contribution is 2.43. The predicted octanol–water partition coefficient (Wildman–Crippen LogP) is 15.5. The number of unbranched alkanes of at least 4 members (excludes halogenated alkanes) is 22. The van der Waals surface area contributed by atoms with E-state index in [2.05, 4.69) is 72.5 Å². The topological polar surface area (TPSA) is 44.8 Å². The van der Waals surface area contributed by atoms with Crippen LogP contribution in [-0.2, 0) is 18.6 Å². The van der Waals surface area contributed by atoms with Crippen LogP contribution in [0.3, 0.4) is 0 Å². The van der Waals surface area contributed by atoms with Crippen molar-refractivity contribution in [1.29, 1.82) is 0 Å². The van der Waals surface area contributed by atoms with E-state index in [1.54, 1.807) is 6.66 Å². The molecule has 0 radical (unpaired) electrons. The molecule has 0 saturated carbocycles. The summed E-state index contributed by atoms with van der Waals surface area (Å²) < 4.78 is 32.4. The van der Waals surface area contributed by atoms with E-state index >= 15 is 0 Å². The van der Waals surface area contributed by atoms with Gasteiger partial charge in [0.25, 0.3) is 0 Å². The van der Waals surface area contributed by atoms with Gasteiger partial charge in [0.05, 0.1) is 32.7 Å². The van der Waals surface area contributed by atoms with Crippen LogP contribution in [0.25, 0.3) is 0 Å². The summed E-state index contributed by atoms with van der Waals surface area (Å²) in [6.45, 7) is 16.5. The number of quaternary nitrogens is 1. The third-order valence-electron chi connectivity index (χ3n) is 10.2. The van der Waals surface area contributed by atoms with Crippen LogP contribution in [-0.4, -0.2) is 64.3 Å². The minimum absolute atomic E-state index is 0.207. The van der Waals surface area contributed by atoms with Crippen molar-refractivity contribution in [3.05, 3.63) is 49.0 Å². The monoisotopic (exact) mass is 779 g/mol. The Morgan fingerprint density at radius 2 is 0.981 bits per heavy atom. The maximum atomic E-state index is 13.3. The second-order valence-electron chi connectivity index (χ2n) is 17.2. The molecule has 318 valence electrons. The van der Waals surface area contributed by atoms with Gasteiger partial charge in [0.2, 0.25) is 7.37 Å². The molecule has 5 nitrogen and oxygen atoms in total. The SMILES string of the molecule is C=C(CCCCCCC/C=C\CCCCCCCC)OC[C@H](CCP(C)(=O)OCC[N+](C)(C)C)OC(=C)CCCCCCC/C=C\CCCCCCCC. The number of ether oxygens (including phenoxy) is 2. The molecule has 0 aliphatic heterocycles. The molecule has 0 rings (SSSR count). The third kappa shape index (κ3) is 40.4. The van der Waals surface area contributed by atoms with Crippen LogP contribution < -0.4 is 0 Å². The highest BCUT2D eigenvalue weighted by atomic mass is 31.2. The molecule has 0 amide bonds. The zero-order chi connectivity index (χ0) is 40.0. The van der Waals surface area contributed by atoms with Gasteiger partial charge in [-0.1, -0.05) is 154 Å². The first-order chi connectivity index (χ1) is 26.0. The van der Waals surface area contributed by atoms with Crippen molar-refractivity contribution in [2.45, 2.75) is 206 Å². The van der Waals surface area contributed by atoms with Crippen LogP contribution in [0.2, 0.25) is 0 Å². The van der Waals surface area contributed by atoms with Gasteiger partial charge in [0.1, 0.15) is 25.9 Å².